The van der Waals surface area contributed by atoms with Crippen molar-refractivity contribution in [3.63, 3.8) is 0 Å². The van der Waals surface area contributed by atoms with Crippen molar-refractivity contribution in [2.45, 2.75) is 12.3 Å². The molecule has 1 atom stereocenters. The van der Waals surface area contributed by atoms with E-state index in [2.05, 4.69) is 10.6 Å². The molecule has 3 N–H and O–H groups in total. The summed E-state index contributed by atoms with van der Waals surface area (Å²) in [6.45, 7) is -0.0495. The number of fused-ring (bicyclic) bond motifs is 1. The average molecular weight is 368 g/mol. The summed E-state index contributed by atoms with van der Waals surface area (Å²) >= 11 is 0. The highest BCUT2D eigenvalue weighted by atomic mass is 19.4. The monoisotopic (exact) mass is 368 g/mol. The number of anilines is 1. The number of carbonyl (C=O) groups excluding carboxylic acids is 1. The number of amides is 2. The van der Waals surface area contributed by atoms with E-state index in [1.807, 2.05) is 0 Å². The Kier molecular flexibility index (Phi) is 4.90. The van der Waals surface area contributed by atoms with Crippen LogP contribution in [0.4, 0.5) is 23.7 Å². The van der Waals surface area contributed by atoms with Crippen molar-refractivity contribution in [3.8, 4) is 11.5 Å². The first-order valence-electron chi connectivity index (χ1n) is 7.62. The van der Waals surface area contributed by atoms with Gasteiger partial charge in [0.2, 0.25) is 6.79 Å². The highest BCUT2D eigenvalue weighted by Gasteiger charge is 2.30. The van der Waals surface area contributed by atoms with Crippen LogP contribution >= 0.6 is 0 Å². The fourth-order valence-corrected chi connectivity index (χ4v) is 2.35. The molecule has 26 heavy (non-hydrogen) atoms. The lowest BCUT2D eigenvalue weighted by Crippen LogP contribution is -2.32. The van der Waals surface area contributed by atoms with Gasteiger partial charge in [0, 0.05) is 18.3 Å². The Morgan fingerprint density at radius 1 is 1.12 bits per heavy atom. The quantitative estimate of drug-likeness (QED) is 0.774. The molecule has 0 fully saturated rings. The number of hydrogen-bond donors (Lipinski definition) is 3. The third kappa shape index (κ3) is 4.17. The standard InChI is InChI=1S/C17H15F3N2O4/c18-17(19,20)11-3-1-10(2-4-11)13(23)8-21-16(24)22-12-5-6-14-15(7-12)26-9-25-14/h1-7,13,23H,8-9H2,(H2,21,22,24)/t13-/m0/s1. The molecule has 0 saturated heterocycles. The molecule has 6 nitrogen and oxygen atoms in total. The van der Waals surface area contributed by atoms with E-state index >= 15 is 0 Å². The summed E-state index contributed by atoms with van der Waals surface area (Å²) in [5.41, 5.74) is -0.0703. The van der Waals surface area contributed by atoms with Crippen LogP contribution in [-0.4, -0.2) is 24.5 Å². The van der Waals surface area contributed by atoms with E-state index in [4.69, 9.17) is 9.47 Å². The SMILES string of the molecule is O=C(NC[C@H](O)c1ccc(C(F)(F)F)cc1)Nc1ccc2c(c1)OCO2. The lowest BCUT2D eigenvalue weighted by atomic mass is 10.1. The first-order valence-corrected chi connectivity index (χ1v) is 7.62. The van der Waals surface area contributed by atoms with Gasteiger partial charge in [0.15, 0.2) is 11.5 Å². The second kappa shape index (κ2) is 7.12. The summed E-state index contributed by atoms with van der Waals surface area (Å²) in [5.74, 6) is 1.08. The van der Waals surface area contributed by atoms with Gasteiger partial charge in [-0.15, -0.1) is 0 Å². The van der Waals surface area contributed by atoms with E-state index in [0.717, 1.165) is 12.1 Å². The van der Waals surface area contributed by atoms with Gasteiger partial charge in [0.05, 0.1) is 11.7 Å². The van der Waals surface area contributed by atoms with Gasteiger partial charge in [0.1, 0.15) is 0 Å². The summed E-state index contributed by atoms with van der Waals surface area (Å²) in [6, 6.07) is 8.39. The number of urea groups is 1. The van der Waals surface area contributed by atoms with Crippen molar-refractivity contribution in [2.75, 3.05) is 18.7 Å². The van der Waals surface area contributed by atoms with Crippen LogP contribution in [0, 0.1) is 0 Å². The zero-order chi connectivity index (χ0) is 18.7. The van der Waals surface area contributed by atoms with Gasteiger partial charge in [-0.05, 0) is 29.8 Å². The number of rotatable bonds is 4. The summed E-state index contributed by atoms with van der Waals surface area (Å²) in [6.07, 6.45) is -5.58. The largest absolute Gasteiger partial charge is 0.454 e. The molecule has 0 spiro atoms. The summed E-state index contributed by atoms with van der Waals surface area (Å²) in [4.78, 5) is 11.9. The maximum atomic E-state index is 12.5. The van der Waals surface area contributed by atoms with E-state index in [1.165, 1.54) is 12.1 Å². The average Bonchev–Trinajstić information content (AvgIpc) is 3.07. The van der Waals surface area contributed by atoms with Gasteiger partial charge in [-0.25, -0.2) is 4.79 Å². The van der Waals surface area contributed by atoms with Gasteiger partial charge < -0.3 is 25.2 Å². The van der Waals surface area contributed by atoms with Crippen molar-refractivity contribution < 1.29 is 32.5 Å². The maximum absolute atomic E-state index is 12.5. The third-order valence-electron chi connectivity index (χ3n) is 3.71. The minimum atomic E-state index is -4.44. The van der Waals surface area contributed by atoms with Crippen LogP contribution in [0.2, 0.25) is 0 Å². The van der Waals surface area contributed by atoms with Crippen LogP contribution < -0.4 is 20.1 Å². The van der Waals surface area contributed by atoms with Gasteiger partial charge in [-0.3, -0.25) is 0 Å². The molecular formula is C17H15F3N2O4. The van der Waals surface area contributed by atoms with E-state index in [0.29, 0.717) is 17.2 Å². The van der Waals surface area contributed by atoms with Crippen molar-refractivity contribution >= 4 is 11.7 Å². The van der Waals surface area contributed by atoms with E-state index in [1.54, 1.807) is 18.2 Å². The topological polar surface area (TPSA) is 79.8 Å². The number of hydrogen-bond acceptors (Lipinski definition) is 4. The Labute approximate surface area is 146 Å². The Morgan fingerprint density at radius 2 is 1.81 bits per heavy atom. The molecule has 0 saturated carbocycles. The minimum Gasteiger partial charge on any atom is -0.454 e. The number of aliphatic hydroxyl groups is 1. The number of halogens is 3. The molecule has 138 valence electrons. The summed E-state index contributed by atoms with van der Waals surface area (Å²) < 4.78 is 47.9. The molecule has 0 aromatic heterocycles. The van der Waals surface area contributed by atoms with E-state index in [-0.39, 0.29) is 18.9 Å². The molecule has 1 aliphatic rings. The lowest BCUT2D eigenvalue weighted by Gasteiger charge is -2.14. The zero-order valence-electron chi connectivity index (χ0n) is 13.3. The predicted octanol–water partition coefficient (Wildman–Crippen LogP) is 3.29. The minimum absolute atomic E-state index is 0.115. The number of alkyl halides is 3. The van der Waals surface area contributed by atoms with Crippen LogP contribution in [0.25, 0.3) is 0 Å². The van der Waals surface area contributed by atoms with Crippen LogP contribution in [0.1, 0.15) is 17.2 Å². The Morgan fingerprint density at radius 3 is 2.50 bits per heavy atom. The van der Waals surface area contributed by atoms with Crippen LogP contribution in [0.5, 0.6) is 11.5 Å². The van der Waals surface area contributed by atoms with Gasteiger partial charge >= 0.3 is 12.2 Å². The van der Waals surface area contributed by atoms with Gasteiger partial charge in [0.25, 0.3) is 0 Å². The Bertz CT molecular complexity index is 794. The molecule has 2 aromatic rings. The smallest absolute Gasteiger partial charge is 0.416 e. The van der Waals surface area contributed by atoms with Crippen LogP contribution in [0.3, 0.4) is 0 Å². The number of benzene rings is 2. The molecular weight excluding hydrogens is 353 g/mol. The highest BCUT2D eigenvalue weighted by molar-refractivity contribution is 5.89. The summed E-state index contributed by atoms with van der Waals surface area (Å²) in [5, 5.41) is 15.0. The fourth-order valence-electron chi connectivity index (χ4n) is 2.35. The first-order chi connectivity index (χ1) is 12.3. The molecule has 0 radical (unpaired) electrons. The second-order valence-corrected chi connectivity index (χ2v) is 5.54. The molecule has 0 unspecified atom stereocenters. The molecule has 2 aromatic carbocycles. The Balaban J connectivity index is 1.52. The molecule has 9 heteroatoms. The predicted molar refractivity (Wildman–Crippen MR) is 86.0 cm³/mol. The van der Waals surface area contributed by atoms with Crippen molar-refractivity contribution in [1.82, 2.24) is 5.32 Å². The summed E-state index contributed by atoms with van der Waals surface area (Å²) in [7, 11) is 0. The first kappa shape index (κ1) is 17.9. The maximum Gasteiger partial charge on any atom is 0.416 e. The van der Waals surface area contributed by atoms with Gasteiger partial charge in [-0.1, -0.05) is 12.1 Å². The molecule has 2 amide bonds. The molecule has 1 heterocycles. The molecule has 0 aliphatic carbocycles. The number of aliphatic hydroxyl groups excluding tert-OH is 1. The fraction of sp³-hybridized carbons (Fsp3) is 0.235. The molecule has 3 rings (SSSR count). The molecule has 1 aliphatic heterocycles. The van der Waals surface area contributed by atoms with Crippen LogP contribution in [-0.2, 0) is 6.18 Å². The third-order valence-corrected chi connectivity index (χ3v) is 3.71. The Hall–Kier alpha value is -2.94. The van der Waals surface area contributed by atoms with Crippen molar-refractivity contribution in [3.05, 3.63) is 53.6 Å². The molecule has 0 bridgehead atoms. The zero-order valence-corrected chi connectivity index (χ0v) is 13.3. The van der Waals surface area contributed by atoms with Crippen molar-refractivity contribution in [2.24, 2.45) is 0 Å². The lowest BCUT2D eigenvalue weighted by molar-refractivity contribution is -0.137. The van der Waals surface area contributed by atoms with Gasteiger partial charge in [-0.2, -0.15) is 13.2 Å². The number of nitrogens with one attached hydrogen (secondary N) is 2. The number of carbonyl (C=O) groups is 1. The normalized spacial score (nSPS) is 14.0. The number of ether oxygens (including phenoxy) is 2. The highest BCUT2D eigenvalue weighted by Crippen LogP contribution is 2.34. The van der Waals surface area contributed by atoms with Crippen LogP contribution in [0.15, 0.2) is 42.5 Å². The second-order valence-electron chi connectivity index (χ2n) is 5.54. The van der Waals surface area contributed by atoms with Crippen molar-refractivity contribution in [1.29, 1.82) is 0 Å². The van der Waals surface area contributed by atoms with E-state index in [9.17, 15) is 23.1 Å². The van der Waals surface area contributed by atoms with E-state index < -0.39 is 23.9 Å².